The third kappa shape index (κ3) is 7.97. The number of hydrogen-bond donors (Lipinski definition) is 1. The number of halogens is 5. The molecule has 0 unspecified atom stereocenters. The third-order valence-electron chi connectivity index (χ3n) is 7.17. The summed E-state index contributed by atoms with van der Waals surface area (Å²) in [5.41, 5.74) is 2.24. The Morgan fingerprint density at radius 3 is 2.45 bits per heavy atom. The molecular weight excluding hydrogens is 616 g/mol. The maximum absolute atomic E-state index is 13.5. The van der Waals surface area contributed by atoms with Gasteiger partial charge in [-0.3, -0.25) is 4.79 Å². The van der Waals surface area contributed by atoms with Crippen LogP contribution in [0.4, 0.5) is 13.2 Å². The Hall–Kier alpha value is -2.80. The van der Waals surface area contributed by atoms with Crippen LogP contribution in [-0.2, 0) is 10.1 Å². The number of benzene rings is 2. The van der Waals surface area contributed by atoms with Crippen LogP contribution in [0.5, 0.6) is 5.75 Å². The van der Waals surface area contributed by atoms with Gasteiger partial charge in [0.25, 0.3) is 5.91 Å². The highest BCUT2D eigenvalue weighted by atomic mass is 35.5. The van der Waals surface area contributed by atoms with Crippen molar-refractivity contribution in [3.05, 3.63) is 63.8 Å². The summed E-state index contributed by atoms with van der Waals surface area (Å²) in [5.74, 6) is -1.69. The minimum atomic E-state index is -4.63. The second kappa shape index (κ2) is 12.8. The molecule has 0 bridgehead atoms. The lowest BCUT2D eigenvalue weighted by atomic mass is 9.90. The lowest BCUT2D eigenvalue weighted by Crippen LogP contribution is -2.44. The van der Waals surface area contributed by atoms with Gasteiger partial charge < -0.3 is 14.4 Å². The molecule has 1 aromatic heterocycles. The maximum atomic E-state index is 13.5. The number of hydrogen-bond acceptors (Lipinski definition) is 6. The van der Waals surface area contributed by atoms with Gasteiger partial charge in [-0.05, 0) is 89.2 Å². The minimum absolute atomic E-state index is 0.0125. The van der Waals surface area contributed by atoms with Crippen molar-refractivity contribution in [2.75, 3.05) is 19.8 Å². The summed E-state index contributed by atoms with van der Waals surface area (Å²) < 4.78 is 68.0. The van der Waals surface area contributed by atoms with E-state index in [0.29, 0.717) is 33.6 Å². The molecule has 2 atom stereocenters. The molecule has 1 heterocycles. The number of carbonyl (C=O) groups excluding carboxylic acids is 1. The van der Waals surface area contributed by atoms with Crippen LogP contribution in [0, 0.1) is 6.92 Å². The molecule has 1 fully saturated rings. The van der Waals surface area contributed by atoms with E-state index in [1.165, 1.54) is 28.9 Å². The highest BCUT2D eigenvalue weighted by Gasteiger charge is 2.31. The van der Waals surface area contributed by atoms with Crippen LogP contribution < -0.4 is 9.50 Å². The Kier molecular flexibility index (Phi) is 9.81. The van der Waals surface area contributed by atoms with Crippen LogP contribution in [0.2, 0.25) is 10.0 Å². The summed E-state index contributed by atoms with van der Waals surface area (Å²) in [6.45, 7) is 1.74. The molecule has 1 aliphatic carbocycles. The van der Waals surface area contributed by atoms with Gasteiger partial charge in [0.1, 0.15) is 5.75 Å². The quantitative estimate of drug-likeness (QED) is 0.270. The third-order valence-corrected chi connectivity index (χ3v) is 8.86. The average molecular weight is 648 g/mol. The van der Waals surface area contributed by atoms with E-state index in [9.17, 15) is 26.4 Å². The van der Waals surface area contributed by atoms with E-state index in [4.69, 9.17) is 27.4 Å². The fraction of sp³-hybridized carbons (Fsp3) is 0.429. The van der Waals surface area contributed by atoms with Gasteiger partial charge >= 0.3 is 16.3 Å². The molecule has 4 rings (SSSR count). The van der Waals surface area contributed by atoms with E-state index >= 15 is 0 Å². The van der Waals surface area contributed by atoms with E-state index < -0.39 is 28.5 Å². The van der Waals surface area contributed by atoms with Crippen molar-refractivity contribution >= 4 is 39.2 Å². The van der Waals surface area contributed by atoms with Crippen LogP contribution in [0.25, 0.3) is 16.9 Å². The first-order valence-corrected chi connectivity index (χ1v) is 15.6. The van der Waals surface area contributed by atoms with Crippen molar-refractivity contribution in [1.82, 2.24) is 20.0 Å². The van der Waals surface area contributed by atoms with Crippen molar-refractivity contribution in [2.24, 2.45) is 0 Å². The van der Waals surface area contributed by atoms with E-state index in [1.807, 2.05) is 14.1 Å². The smallest absolute Gasteiger partial charge is 0.382 e. The van der Waals surface area contributed by atoms with E-state index in [0.717, 1.165) is 25.7 Å². The predicted molar refractivity (Wildman–Crippen MR) is 156 cm³/mol. The van der Waals surface area contributed by atoms with Crippen LogP contribution in [0.1, 0.15) is 48.2 Å². The number of nitrogens with zero attached hydrogens (tertiary/aromatic N) is 3. The van der Waals surface area contributed by atoms with Crippen molar-refractivity contribution in [3.8, 4) is 22.7 Å². The summed E-state index contributed by atoms with van der Waals surface area (Å²) in [6, 6.07) is 10.9. The number of nitrogens with one attached hydrogen (secondary N) is 1. The van der Waals surface area contributed by atoms with Crippen molar-refractivity contribution < 1.29 is 30.6 Å². The standard InChI is InChI=1S/C28H31Cl2F3N4O4S/c1-17-25(27(38)34-20-5-4-6-21(16-20)36(2)3)35-37(24-12-9-19(29)15-23(24)30)26(17)18-7-10-22(11-8-18)41-42(39,40)14-13-28(31,32)33/h7-12,15,20-21H,4-6,13-14,16H2,1-3H3,(H,34,38)/t20-,21+/m1/s1. The number of rotatable bonds is 9. The van der Waals surface area contributed by atoms with Crippen LogP contribution in [0.3, 0.4) is 0 Å². The molecule has 2 aromatic carbocycles. The largest absolute Gasteiger partial charge is 0.390 e. The van der Waals surface area contributed by atoms with Gasteiger partial charge in [0, 0.05) is 28.2 Å². The van der Waals surface area contributed by atoms with Crippen LogP contribution in [-0.4, -0.2) is 67.1 Å². The van der Waals surface area contributed by atoms with Crippen molar-refractivity contribution in [1.29, 1.82) is 0 Å². The lowest BCUT2D eigenvalue weighted by Gasteiger charge is -2.33. The normalized spacial score (nSPS) is 17.8. The molecule has 14 heteroatoms. The minimum Gasteiger partial charge on any atom is -0.382 e. The van der Waals surface area contributed by atoms with Gasteiger partial charge in [-0.2, -0.15) is 26.7 Å². The molecule has 1 saturated carbocycles. The Labute approximate surface area is 252 Å². The second-order valence-corrected chi connectivity index (χ2v) is 13.1. The molecule has 0 spiro atoms. The summed E-state index contributed by atoms with van der Waals surface area (Å²) in [4.78, 5) is 15.7. The monoisotopic (exact) mass is 646 g/mol. The van der Waals surface area contributed by atoms with Crippen molar-refractivity contribution in [2.45, 2.75) is 57.3 Å². The topological polar surface area (TPSA) is 93.5 Å². The molecular formula is C28H31Cl2F3N4O4S. The van der Waals surface area contributed by atoms with Gasteiger partial charge in [-0.25, -0.2) is 4.68 Å². The second-order valence-electron chi connectivity index (χ2n) is 10.5. The molecule has 0 saturated heterocycles. The van der Waals surface area contributed by atoms with E-state index in [-0.39, 0.29) is 28.4 Å². The molecule has 1 aliphatic rings. The summed E-state index contributed by atoms with van der Waals surface area (Å²) >= 11 is 12.6. The van der Waals surface area contributed by atoms with Gasteiger partial charge in [-0.1, -0.05) is 23.2 Å². The van der Waals surface area contributed by atoms with E-state index in [2.05, 4.69) is 15.3 Å². The predicted octanol–water partition coefficient (Wildman–Crippen LogP) is 6.42. The van der Waals surface area contributed by atoms with E-state index in [1.54, 1.807) is 25.1 Å². The SMILES string of the molecule is Cc1c(C(=O)N[C@@H]2CCC[C@H](N(C)C)C2)nn(-c2ccc(Cl)cc2Cl)c1-c1ccc(OS(=O)(=O)CCC(F)(F)F)cc1. The van der Waals surface area contributed by atoms with Gasteiger partial charge in [0.2, 0.25) is 0 Å². The first kappa shape index (κ1) is 32.1. The summed E-state index contributed by atoms with van der Waals surface area (Å²) in [5, 5.41) is 8.45. The Balaban J connectivity index is 1.66. The Bertz CT molecular complexity index is 1540. The Morgan fingerprint density at radius 1 is 1.14 bits per heavy atom. The molecule has 1 amide bonds. The zero-order chi connectivity index (χ0) is 30.8. The fourth-order valence-electron chi connectivity index (χ4n) is 4.99. The highest BCUT2D eigenvalue weighted by molar-refractivity contribution is 7.87. The molecule has 1 N–H and O–H groups in total. The highest BCUT2D eigenvalue weighted by Crippen LogP contribution is 2.34. The average Bonchev–Trinajstić information content (AvgIpc) is 3.24. The number of carbonyl (C=O) groups is 1. The number of alkyl halides is 3. The van der Waals surface area contributed by atoms with Gasteiger partial charge in [-0.15, -0.1) is 0 Å². The van der Waals surface area contributed by atoms with Crippen LogP contribution >= 0.6 is 23.2 Å². The molecule has 0 aliphatic heterocycles. The molecule has 3 aromatic rings. The maximum Gasteiger partial charge on any atom is 0.390 e. The first-order chi connectivity index (χ1) is 19.6. The Morgan fingerprint density at radius 2 is 1.83 bits per heavy atom. The van der Waals surface area contributed by atoms with Crippen LogP contribution in [0.15, 0.2) is 42.5 Å². The molecule has 228 valence electrons. The fourth-order valence-corrected chi connectivity index (χ4v) is 6.45. The van der Waals surface area contributed by atoms with Gasteiger partial charge in [0.15, 0.2) is 5.69 Å². The molecule has 8 nitrogen and oxygen atoms in total. The number of amides is 1. The zero-order valence-electron chi connectivity index (χ0n) is 23.2. The molecule has 0 radical (unpaired) electrons. The number of aromatic nitrogens is 2. The lowest BCUT2D eigenvalue weighted by molar-refractivity contribution is -0.130. The van der Waals surface area contributed by atoms with Crippen molar-refractivity contribution in [3.63, 3.8) is 0 Å². The zero-order valence-corrected chi connectivity index (χ0v) is 25.5. The first-order valence-electron chi connectivity index (χ1n) is 13.2. The van der Waals surface area contributed by atoms with Gasteiger partial charge in [0.05, 0.1) is 28.6 Å². The summed E-state index contributed by atoms with van der Waals surface area (Å²) in [7, 11) is -0.419. The summed E-state index contributed by atoms with van der Waals surface area (Å²) in [6.07, 6.45) is -2.41. The molecule has 42 heavy (non-hydrogen) atoms.